The van der Waals surface area contributed by atoms with E-state index in [1.165, 1.54) is 19.2 Å². The van der Waals surface area contributed by atoms with Crippen molar-refractivity contribution in [3.63, 3.8) is 0 Å². The lowest BCUT2D eigenvalue weighted by atomic mass is 9.78. The molecule has 0 amide bonds. The molecule has 5 rings (SSSR count). The number of nitro benzene ring substituents is 1. The van der Waals surface area contributed by atoms with Gasteiger partial charge >= 0.3 is 5.69 Å². The summed E-state index contributed by atoms with van der Waals surface area (Å²) in [4.78, 5) is 24.9. The summed E-state index contributed by atoms with van der Waals surface area (Å²) in [5, 5.41) is 28.9. The average molecular weight is 532 g/mol. The van der Waals surface area contributed by atoms with E-state index in [1.54, 1.807) is 7.11 Å². The molecule has 1 heterocycles. The van der Waals surface area contributed by atoms with Crippen molar-refractivity contribution < 1.29 is 29.0 Å². The van der Waals surface area contributed by atoms with Gasteiger partial charge in [0.15, 0.2) is 23.0 Å². The third-order valence-electron chi connectivity index (χ3n) is 7.10. The molecule has 0 unspecified atom stereocenters. The highest BCUT2D eigenvalue weighted by molar-refractivity contribution is 6.01. The smallest absolute Gasteiger partial charge is 0.315 e. The van der Waals surface area contributed by atoms with Crippen molar-refractivity contribution in [3.8, 4) is 23.0 Å². The summed E-state index contributed by atoms with van der Waals surface area (Å²) >= 11 is 0. The Bertz CT molecular complexity index is 1480. The number of nitrogens with one attached hydrogen (secondary N) is 2. The highest BCUT2D eigenvalue weighted by atomic mass is 16.6. The molecule has 3 aromatic rings. The number of nitrogens with zero attached hydrogens (tertiary/aromatic N) is 1. The van der Waals surface area contributed by atoms with E-state index in [0.29, 0.717) is 35.7 Å². The first-order chi connectivity index (χ1) is 18.8. The van der Waals surface area contributed by atoms with E-state index in [9.17, 15) is 20.0 Å². The number of benzene rings is 3. The monoisotopic (exact) mass is 531 g/mol. The number of anilines is 2. The molecule has 0 saturated heterocycles. The van der Waals surface area contributed by atoms with Crippen LogP contribution in [0, 0.1) is 10.1 Å². The second-order valence-electron chi connectivity index (χ2n) is 9.36. The minimum Gasteiger partial charge on any atom is -0.500 e. The van der Waals surface area contributed by atoms with Gasteiger partial charge in [-0.2, -0.15) is 0 Å². The van der Waals surface area contributed by atoms with Crippen molar-refractivity contribution in [2.75, 3.05) is 31.5 Å². The number of hydrogen-bond acceptors (Lipinski definition) is 9. The number of carbonyl (C=O) groups excluding carboxylic acids is 1. The highest BCUT2D eigenvalue weighted by Gasteiger charge is 2.37. The number of rotatable bonds is 7. The van der Waals surface area contributed by atoms with Gasteiger partial charge < -0.3 is 30.0 Å². The van der Waals surface area contributed by atoms with Gasteiger partial charge in [0, 0.05) is 23.8 Å². The van der Waals surface area contributed by atoms with Crippen molar-refractivity contribution in [1.29, 1.82) is 0 Å². The third kappa shape index (κ3) is 4.81. The maximum absolute atomic E-state index is 13.9. The number of carbonyl (C=O) groups is 1. The highest BCUT2D eigenvalue weighted by Crippen LogP contribution is 2.47. The van der Waals surface area contributed by atoms with Gasteiger partial charge in [-0.15, -0.1) is 0 Å². The van der Waals surface area contributed by atoms with Gasteiger partial charge in [0.25, 0.3) is 0 Å². The number of para-hydroxylation sites is 2. The Kier molecular flexibility index (Phi) is 7.02. The Morgan fingerprint density at radius 1 is 0.974 bits per heavy atom. The molecule has 3 aromatic carbocycles. The molecule has 0 saturated carbocycles. The molecule has 0 aromatic heterocycles. The number of ketones is 1. The third-order valence-corrected chi connectivity index (χ3v) is 7.10. The van der Waals surface area contributed by atoms with E-state index in [-0.39, 0.29) is 23.9 Å². The molecule has 202 valence electrons. The maximum atomic E-state index is 13.9. The molecule has 1 aliphatic heterocycles. The molecule has 2 aliphatic rings. The zero-order chi connectivity index (χ0) is 27.7. The van der Waals surface area contributed by atoms with Crippen molar-refractivity contribution in [2.24, 2.45) is 0 Å². The Morgan fingerprint density at radius 3 is 2.38 bits per heavy atom. The predicted octanol–water partition coefficient (Wildman–Crippen LogP) is 5.70. The summed E-state index contributed by atoms with van der Waals surface area (Å²) in [5.41, 5.74) is 3.60. The molecular weight excluding hydrogens is 502 g/mol. The van der Waals surface area contributed by atoms with Crippen molar-refractivity contribution >= 4 is 22.8 Å². The quantitative estimate of drug-likeness (QED) is 0.260. The zero-order valence-electron chi connectivity index (χ0n) is 21.8. The second-order valence-corrected chi connectivity index (χ2v) is 9.36. The predicted molar refractivity (Wildman–Crippen MR) is 146 cm³/mol. The van der Waals surface area contributed by atoms with Crippen LogP contribution < -0.4 is 24.8 Å². The second kappa shape index (κ2) is 10.6. The number of aromatic hydroxyl groups is 1. The molecule has 1 aliphatic carbocycles. The summed E-state index contributed by atoms with van der Waals surface area (Å²) in [5.74, 6) is 0.413. The minimum absolute atomic E-state index is 0.0451. The lowest BCUT2D eigenvalue weighted by molar-refractivity contribution is -0.386. The van der Waals surface area contributed by atoms with Crippen molar-refractivity contribution in [1.82, 2.24) is 0 Å². The average Bonchev–Trinajstić information content (AvgIpc) is 3.10. The summed E-state index contributed by atoms with van der Waals surface area (Å²) < 4.78 is 16.4. The fourth-order valence-corrected chi connectivity index (χ4v) is 5.27. The number of phenolic OH excluding ortho intramolecular Hbond substituents is 1. The van der Waals surface area contributed by atoms with Crippen molar-refractivity contribution in [3.05, 3.63) is 87.1 Å². The van der Waals surface area contributed by atoms with Gasteiger partial charge in [0.05, 0.1) is 43.2 Å². The summed E-state index contributed by atoms with van der Waals surface area (Å²) in [6.45, 7) is 2.41. The standard InChI is InChI=1S/C29H29N3O7/c1-4-39-24-10-9-16(14-25(24)37-2)17-11-21-27(23(33)13-17)28(31-20-8-6-5-7-19(20)30-21)18-12-22(32(35)36)29(34)26(15-18)38-3/h5-10,12,14-15,17,28,30-31,34H,4,11,13H2,1-3H3/t17-,28+/m0/s1. The van der Waals surface area contributed by atoms with Crippen LogP contribution in [0.15, 0.2) is 65.9 Å². The number of nitro groups is 1. The van der Waals surface area contributed by atoms with Gasteiger partial charge in [-0.1, -0.05) is 18.2 Å². The molecule has 39 heavy (non-hydrogen) atoms. The van der Waals surface area contributed by atoms with E-state index < -0.39 is 22.4 Å². The van der Waals surface area contributed by atoms with Crippen LogP contribution >= 0.6 is 0 Å². The Hall–Kier alpha value is -4.73. The first kappa shape index (κ1) is 25.9. The van der Waals surface area contributed by atoms with Crippen LogP contribution in [0.5, 0.6) is 23.0 Å². The van der Waals surface area contributed by atoms with Crippen LogP contribution in [-0.4, -0.2) is 36.6 Å². The number of methoxy groups -OCH3 is 2. The van der Waals surface area contributed by atoms with E-state index in [4.69, 9.17) is 14.2 Å². The number of phenols is 1. The molecule has 0 bridgehead atoms. The van der Waals surface area contributed by atoms with Crippen LogP contribution in [0.3, 0.4) is 0 Å². The first-order valence-electron chi connectivity index (χ1n) is 12.6. The molecule has 10 heteroatoms. The summed E-state index contributed by atoms with van der Waals surface area (Å²) in [6, 6.07) is 15.3. The molecule has 0 spiro atoms. The number of ether oxygens (including phenoxy) is 3. The minimum atomic E-state index is -0.715. The number of allylic oxidation sites excluding steroid dienone is 1. The van der Waals surface area contributed by atoms with E-state index >= 15 is 0 Å². The lowest BCUT2D eigenvalue weighted by Crippen LogP contribution is -2.27. The van der Waals surface area contributed by atoms with Gasteiger partial charge in [0.2, 0.25) is 5.75 Å². The molecule has 0 radical (unpaired) electrons. The number of Topliss-reactive ketones (excluding diaryl/α,β-unsaturated/α-hetero) is 1. The Balaban J connectivity index is 1.62. The molecule has 3 N–H and O–H groups in total. The lowest BCUT2D eigenvalue weighted by Gasteiger charge is -2.30. The normalized spacial score (nSPS) is 18.2. The van der Waals surface area contributed by atoms with Crippen LogP contribution in [0.25, 0.3) is 0 Å². The first-order valence-corrected chi connectivity index (χ1v) is 12.6. The number of fused-ring (bicyclic) bond motifs is 1. The molecule has 2 atom stereocenters. The van der Waals surface area contributed by atoms with Crippen LogP contribution in [-0.2, 0) is 4.79 Å². The Labute approximate surface area is 225 Å². The number of hydrogen-bond donors (Lipinski definition) is 3. The van der Waals surface area contributed by atoms with E-state index in [1.807, 2.05) is 49.4 Å². The molecule has 10 nitrogen and oxygen atoms in total. The molecular formula is C29H29N3O7. The topological polar surface area (TPSA) is 132 Å². The SMILES string of the molecule is CCOc1ccc([C@@H]2CC(=O)C3=C(C2)Nc2ccccc2N[C@@H]3c2cc(OC)c(O)c([N+](=O)[O-])c2)cc1OC. The fourth-order valence-electron chi connectivity index (χ4n) is 5.27. The zero-order valence-corrected chi connectivity index (χ0v) is 21.8. The van der Waals surface area contributed by atoms with E-state index in [2.05, 4.69) is 10.6 Å². The fraction of sp³-hybridized carbons (Fsp3) is 0.276. The van der Waals surface area contributed by atoms with Gasteiger partial charge in [0.1, 0.15) is 0 Å². The van der Waals surface area contributed by atoms with Gasteiger partial charge in [-0.3, -0.25) is 14.9 Å². The summed E-state index contributed by atoms with van der Waals surface area (Å²) in [7, 11) is 2.91. The summed E-state index contributed by atoms with van der Waals surface area (Å²) in [6.07, 6.45) is 0.769. The van der Waals surface area contributed by atoms with Gasteiger partial charge in [-0.25, -0.2) is 0 Å². The maximum Gasteiger partial charge on any atom is 0.315 e. The van der Waals surface area contributed by atoms with E-state index in [0.717, 1.165) is 22.6 Å². The molecule has 0 fully saturated rings. The Morgan fingerprint density at radius 2 is 1.69 bits per heavy atom. The largest absolute Gasteiger partial charge is 0.500 e. The van der Waals surface area contributed by atoms with Gasteiger partial charge in [-0.05, 0) is 60.7 Å². The van der Waals surface area contributed by atoms with Crippen LogP contribution in [0.2, 0.25) is 0 Å². The van der Waals surface area contributed by atoms with Crippen LogP contribution in [0.4, 0.5) is 17.1 Å². The van der Waals surface area contributed by atoms with Crippen molar-refractivity contribution in [2.45, 2.75) is 31.7 Å². The van der Waals surface area contributed by atoms with Crippen LogP contribution in [0.1, 0.15) is 42.9 Å².